The van der Waals surface area contributed by atoms with E-state index in [1.807, 2.05) is 23.2 Å². The number of hydrogen-bond acceptors (Lipinski definition) is 4. The highest BCUT2D eigenvalue weighted by atomic mass is 16.5. The minimum Gasteiger partial charge on any atom is -0.497 e. The summed E-state index contributed by atoms with van der Waals surface area (Å²) < 4.78 is 5.42. The Morgan fingerprint density at radius 3 is 2.68 bits per heavy atom. The number of hydrogen-bond donors (Lipinski definition) is 0. The third-order valence-electron chi connectivity index (χ3n) is 6.73. The van der Waals surface area contributed by atoms with Crippen molar-refractivity contribution in [1.82, 2.24) is 4.98 Å². The molecule has 5 rings (SSSR count). The number of ether oxygens (including phenoxy) is 1. The molecular formula is C26H29N3O2. The minimum absolute atomic E-state index is 0.0890. The predicted molar refractivity (Wildman–Crippen MR) is 125 cm³/mol. The van der Waals surface area contributed by atoms with Crippen LogP contribution in [0, 0.1) is 12.8 Å². The van der Waals surface area contributed by atoms with E-state index in [9.17, 15) is 4.79 Å². The number of rotatable bonds is 3. The van der Waals surface area contributed by atoms with Crippen LogP contribution in [0.2, 0.25) is 0 Å². The normalized spacial score (nSPS) is 17.0. The number of pyridine rings is 1. The Balaban J connectivity index is 1.33. The summed E-state index contributed by atoms with van der Waals surface area (Å²) in [4.78, 5) is 22.4. The van der Waals surface area contributed by atoms with Gasteiger partial charge in [-0.1, -0.05) is 17.7 Å². The molecule has 5 nitrogen and oxygen atoms in total. The molecule has 0 aliphatic carbocycles. The van der Waals surface area contributed by atoms with Gasteiger partial charge in [0, 0.05) is 48.5 Å². The number of aryl methyl sites for hydroxylation is 2. The fraction of sp³-hybridized carbons (Fsp3) is 0.385. The summed E-state index contributed by atoms with van der Waals surface area (Å²) in [5.41, 5.74) is 5.85. The van der Waals surface area contributed by atoms with Crippen LogP contribution in [-0.2, 0) is 11.2 Å². The van der Waals surface area contributed by atoms with Crippen molar-refractivity contribution in [3.63, 3.8) is 0 Å². The monoisotopic (exact) mass is 415 g/mol. The number of benzene rings is 2. The van der Waals surface area contributed by atoms with Gasteiger partial charge < -0.3 is 14.5 Å². The van der Waals surface area contributed by atoms with Crippen molar-refractivity contribution >= 4 is 28.2 Å². The zero-order valence-electron chi connectivity index (χ0n) is 18.3. The van der Waals surface area contributed by atoms with Gasteiger partial charge in [0.25, 0.3) is 0 Å². The highest BCUT2D eigenvalue weighted by molar-refractivity contribution is 5.97. The molecule has 3 heterocycles. The minimum atomic E-state index is 0.0890. The van der Waals surface area contributed by atoms with Gasteiger partial charge in [0.2, 0.25) is 5.91 Å². The van der Waals surface area contributed by atoms with E-state index in [4.69, 9.17) is 4.74 Å². The summed E-state index contributed by atoms with van der Waals surface area (Å²) in [5.74, 6) is 1.22. The highest BCUT2D eigenvalue weighted by Gasteiger charge is 2.31. The third-order valence-corrected chi connectivity index (χ3v) is 6.73. The number of nitrogens with zero attached hydrogens (tertiary/aromatic N) is 3. The van der Waals surface area contributed by atoms with Crippen molar-refractivity contribution in [2.24, 2.45) is 5.92 Å². The van der Waals surface area contributed by atoms with Crippen LogP contribution < -0.4 is 14.5 Å². The number of carbonyl (C=O) groups excluding carboxylic acids is 1. The largest absolute Gasteiger partial charge is 0.497 e. The van der Waals surface area contributed by atoms with Gasteiger partial charge in [0.05, 0.1) is 12.6 Å². The second-order valence-corrected chi connectivity index (χ2v) is 8.70. The lowest BCUT2D eigenvalue weighted by molar-refractivity contribution is -0.123. The quantitative estimate of drug-likeness (QED) is 0.619. The number of methoxy groups -OCH3 is 1. The molecule has 0 N–H and O–H groups in total. The number of piperidine rings is 1. The van der Waals surface area contributed by atoms with Crippen molar-refractivity contribution in [2.45, 2.75) is 32.6 Å². The molecule has 1 saturated heterocycles. The summed E-state index contributed by atoms with van der Waals surface area (Å²) in [6.07, 6.45) is 5.74. The van der Waals surface area contributed by atoms with E-state index < -0.39 is 0 Å². The lowest BCUT2D eigenvalue weighted by atomic mass is 9.92. The molecule has 2 aromatic carbocycles. The van der Waals surface area contributed by atoms with Gasteiger partial charge in [-0.05, 0) is 68.5 Å². The van der Waals surface area contributed by atoms with Crippen LogP contribution in [-0.4, -0.2) is 37.6 Å². The lowest BCUT2D eigenvalue weighted by Gasteiger charge is -2.37. The third kappa shape index (κ3) is 3.73. The van der Waals surface area contributed by atoms with E-state index in [2.05, 4.69) is 47.1 Å². The van der Waals surface area contributed by atoms with Gasteiger partial charge in [0.15, 0.2) is 0 Å². The number of anilines is 2. The molecule has 5 heteroatoms. The maximum absolute atomic E-state index is 13.4. The first kappa shape index (κ1) is 19.9. The molecular weight excluding hydrogens is 386 g/mol. The lowest BCUT2D eigenvalue weighted by Crippen LogP contribution is -2.44. The fourth-order valence-corrected chi connectivity index (χ4v) is 5.06. The molecule has 0 spiro atoms. The maximum atomic E-state index is 13.4. The van der Waals surface area contributed by atoms with Crippen molar-refractivity contribution in [1.29, 1.82) is 0 Å². The molecule has 0 radical (unpaired) electrons. The van der Waals surface area contributed by atoms with Crippen molar-refractivity contribution in [3.8, 4) is 5.75 Å². The van der Waals surface area contributed by atoms with E-state index in [0.29, 0.717) is 5.91 Å². The number of amides is 1. The van der Waals surface area contributed by atoms with Gasteiger partial charge in [-0.15, -0.1) is 0 Å². The molecule has 1 fully saturated rings. The number of aromatic nitrogens is 1. The van der Waals surface area contributed by atoms with E-state index >= 15 is 0 Å². The summed E-state index contributed by atoms with van der Waals surface area (Å²) in [6, 6.07) is 14.6. The van der Waals surface area contributed by atoms with Crippen molar-refractivity contribution in [2.75, 3.05) is 36.5 Å². The van der Waals surface area contributed by atoms with E-state index in [-0.39, 0.29) is 5.92 Å². The molecule has 2 aliphatic rings. The van der Waals surface area contributed by atoms with Crippen molar-refractivity contribution < 1.29 is 9.53 Å². The van der Waals surface area contributed by atoms with Gasteiger partial charge in [0.1, 0.15) is 5.75 Å². The molecule has 1 aromatic heterocycles. The molecule has 3 aromatic rings. The van der Waals surface area contributed by atoms with Crippen LogP contribution in [0.4, 0.5) is 11.4 Å². The number of fused-ring (bicyclic) bond motifs is 2. The Hall–Kier alpha value is -3.08. The van der Waals surface area contributed by atoms with E-state index in [1.54, 1.807) is 7.11 Å². The first-order valence-electron chi connectivity index (χ1n) is 11.2. The highest BCUT2D eigenvalue weighted by Crippen LogP contribution is 2.34. The van der Waals surface area contributed by atoms with Crippen molar-refractivity contribution in [3.05, 3.63) is 59.8 Å². The molecule has 31 heavy (non-hydrogen) atoms. The van der Waals surface area contributed by atoms with Crippen LogP contribution >= 0.6 is 0 Å². The molecule has 0 atom stereocenters. The van der Waals surface area contributed by atoms with Gasteiger partial charge >= 0.3 is 0 Å². The average molecular weight is 416 g/mol. The second kappa shape index (κ2) is 8.22. The maximum Gasteiger partial charge on any atom is 0.230 e. The summed E-state index contributed by atoms with van der Waals surface area (Å²) in [7, 11) is 1.69. The Kier molecular flexibility index (Phi) is 5.26. The molecule has 2 aliphatic heterocycles. The summed E-state index contributed by atoms with van der Waals surface area (Å²) in [6.45, 7) is 4.71. The van der Waals surface area contributed by atoms with E-state index in [1.165, 1.54) is 16.8 Å². The number of carbonyl (C=O) groups is 1. The molecule has 0 saturated carbocycles. The second-order valence-electron chi connectivity index (χ2n) is 8.70. The van der Waals surface area contributed by atoms with Gasteiger partial charge in [-0.25, -0.2) is 0 Å². The fourth-order valence-electron chi connectivity index (χ4n) is 5.06. The van der Waals surface area contributed by atoms with Crippen LogP contribution in [0.5, 0.6) is 5.75 Å². The SMILES string of the molecule is COc1ccc2nccc(N3CCC(C(=O)N4CCCc5cc(C)ccc54)CC3)c2c1. The van der Waals surface area contributed by atoms with Crippen LogP contribution in [0.25, 0.3) is 10.9 Å². The smallest absolute Gasteiger partial charge is 0.230 e. The standard InChI is InChI=1S/C26H29N3O2/c1-18-5-8-24-20(16-18)4-3-13-29(24)26(30)19-10-14-28(15-11-19)25-9-12-27-23-7-6-21(31-2)17-22(23)25/h5-9,12,16-17,19H,3-4,10-11,13-15H2,1-2H3. The Labute approximate surface area is 183 Å². The van der Waals surface area contributed by atoms with Gasteiger partial charge in [-0.3, -0.25) is 9.78 Å². The Morgan fingerprint density at radius 1 is 1.03 bits per heavy atom. The zero-order valence-corrected chi connectivity index (χ0v) is 18.3. The van der Waals surface area contributed by atoms with Crippen LogP contribution in [0.1, 0.15) is 30.4 Å². The topological polar surface area (TPSA) is 45.7 Å². The first-order chi connectivity index (χ1) is 15.1. The molecule has 160 valence electrons. The molecule has 1 amide bonds. The summed E-state index contributed by atoms with van der Waals surface area (Å²) in [5, 5.41) is 1.10. The zero-order chi connectivity index (χ0) is 21.4. The predicted octanol–water partition coefficient (Wildman–Crippen LogP) is 4.75. The Morgan fingerprint density at radius 2 is 1.87 bits per heavy atom. The Bertz CT molecular complexity index is 1120. The average Bonchev–Trinajstić information content (AvgIpc) is 2.82. The molecule has 0 unspecified atom stereocenters. The van der Waals surface area contributed by atoms with E-state index in [0.717, 1.165) is 67.7 Å². The van der Waals surface area contributed by atoms with Gasteiger partial charge in [-0.2, -0.15) is 0 Å². The van der Waals surface area contributed by atoms with Crippen LogP contribution in [0.3, 0.4) is 0 Å². The first-order valence-corrected chi connectivity index (χ1v) is 11.2. The molecule has 0 bridgehead atoms. The van der Waals surface area contributed by atoms with Crippen LogP contribution in [0.15, 0.2) is 48.7 Å². The summed E-state index contributed by atoms with van der Waals surface area (Å²) >= 11 is 0.